The molecule has 1 atom stereocenters. The van der Waals surface area contributed by atoms with Crippen molar-refractivity contribution in [2.45, 2.75) is 26.3 Å². The lowest BCUT2D eigenvalue weighted by molar-refractivity contribution is 0.0934. The summed E-state index contributed by atoms with van der Waals surface area (Å²) in [7, 11) is 0. The number of benzene rings is 1. The maximum Gasteiger partial charge on any atom is 0.257 e. The van der Waals surface area contributed by atoms with Gasteiger partial charge in [0.05, 0.1) is 6.04 Å². The smallest absolute Gasteiger partial charge is 0.257 e. The number of pyridine rings is 1. The fourth-order valence-corrected chi connectivity index (χ4v) is 2.69. The van der Waals surface area contributed by atoms with E-state index in [1.165, 1.54) is 12.1 Å². The van der Waals surface area contributed by atoms with Crippen LogP contribution in [0.3, 0.4) is 0 Å². The number of aromatic nitrogens is 2. The van der Waals surface area contributed by atoms with E-state index in [4.69, 9.17) is 4.52 Å². The Kier molecular flexibility index (Phi) is 4.88. The molecule has 0 saturated carbocycles. The van der Waals surface area contributed by atoms with Crippen LogP contribution in [-0.2, 0) is 0 Å². The number of aryl methyl sites for hydroxylation is 1. The van der Waals surface area contributed by atoms with Gasteiger partial charge in [-0.05, 0) is 43.2 Å². The minimum atomic E-state index is -0.306. The van der Waals surface area contributed by atoms with E-state index in [0.717, 1.165) is 11.1 Å². The molecular weight excluding hydrogens is 321 g/mol. The second-order valence-corrected chi connectivity index (χ2v) is 5.68. The molecule has 0 spiro atoms. The van der Waals surface area contributed by atoms with Gasteiger partial charge in [-0.1, -0.05) is 24.2 Å². The fraction of sp³-hybridized carbons (Fsp3) is 0.211. The highest BCUT2D eigenvalue weighted by Gasteiger charge is 2.23. The van der Waals surface area contributed by atoms with E-state index in [-0.39, 0.29) is 17.8 Å². The first-order valence-corrected chi connectivity index (χ1v) is 8.03. The van der Waals surface area contributed by atoms with Crippen LogP contribution in [0.15, 0.2) is 53.3 Å². The molecule has 0 radical (unpaired) electrons. The minimum absolute atomic E-state index is 0.229. The normalized spacial score (nSPS) is 12.0. The largest absolute Gasteiger partial charge is 0.360 e. The quantitative estimate of drug-likeness (QED) is 0.761. The fourth-order valence-electron chi connectivity index (χ4n) is 2.69. The number of hydrogen-bond acceptors (Lipinski definition) is 4. The van der Waals surface area contributed by atoms with E-state index in [1.807, 2.05) is 6.92 Å². The van der Waals surface area contributed by atoms with Gasteiger partial charge in [-0.3, -0.25) is 9.78 Å². The van der Waals surface area contributed by atoms with Crippen LogP contribution in [-0.4, -0.2) is 16.0 Å². The van der Waals surface area contributed by atoms with Gasteiger partial charge in [-0.2, -0.15) is 0 Å². The van der Waals surface area contributed by atoms with Gasteiger partial charge in [0.15, 0.2) is 0 Å². The summed E-state index contributed by atoms with van der Waals surface area (Å²) < 4.78 is 18.3. The molecule has 3 aromatic rings. The Morgan fingerprint density at radius 3 is 2.52 bits per heavy atom. The molecular formula is C19H18FN3O2. The van der Waals surface area contributed by atoms with Crippen molar-refractivity contribution in [2.75, 3.05) is 0 Å². The van der Waals surface area contributed by atoms with E-state index in [0.29, 0.717) is 23.4 Å². The van der Waals surface area contributed by atoms with Crippen molar-refractivity contribution in [1.29, 1.82) is 0 Å². The molecule has 1 aromatic carbocycles. The molecule has 1 N–H and O–H groups in total. The van der Waals surface area contributed by atoms with Crippen molar-refractivity contribution in [2.24, 2.45) is 0 Å². The molecule has 0 saturated heterocycles. The Balaban J connectivity index is 1.88. The maximum absolute atomic E-state index is 13.1. The number of nitrogens with zero attached hydrogens (tertiary/aromatic N) is 2. The zero-order valence-corrected chi connectivity index (χ0v) is 14.0. The summed E-state index contributed by atoms with van der Waals surface area (Å²) in [5.41, 5.74) is 2.47. The van der Waals surface area contributed by atoms with Crippen molar-refractivity contribution in [3.8, 4) is 11.3 Å². The zero-order valence-electron chi connectivity index (χ0n) is 14.0. The van der Waals surface area contributed by atoms with Gasteiger partial charge < -0.3 is 9.84 Å². The second-order valence-electron chi connectivity index (χ2n) is 5.68. The number of hydrogen-bond donors (Lipinski definition) is 1. The van der Waals surface area contributed by atoms with Gasteiger partial charge in [0.25, 0.3) is 5.91 Å². The van der Waals surface area contributed by atoms with Gasteiger partial charge in [0, 0.05) is 18.0 Å². The van der Waals surface area contributed by atoms with Crippen molar-refractivity contribution >= 4 is 5.91 Å². The predicted octanol–water partition coefficient (Wildman–Crippen LogP) is 4.07. The molecule has 0 aliphatic heterocycles. The Morgan fingerprint density at radius 1 is 1.20 bits per heavy atom. The van der Waals surface area contributed by atoms with Crippen LogP contribution in [0.5, 0.6) is 0 Å². The van der Waals surface area contributed by atoms with Crippen molar-refractivity contribution in [3.63, 3.8) is 0 Å². The first kappa shape index (κ1) is 16.8. The van der Waals surface area contributed by atoms with Gasteiger partial charge in [-0.15, -0.1) is 0 Å². The highest BCUT2D eigenvalue weighted by molar-refractivity contribution is 6.00. The molecule has 0 bridgehead atoms. The Labute approximate surface area is 144 Å². The van der Waals surface area contributed by atoms with Crippen LogP contribution in [0.25, 0.3) is 11.3 Å². The molecule has 25 heavy (non-hydrogen) atoms. The zero-order chi connectivity index (χ0) is 17.8. The van der Waals surface area contributed by atoms with Gasteiger partial charge >= 0.3 is 0 Å². The molecule has 128 valence electrons. The first-order valence-electron chi connectivity index (χ1n) is 8.03. The number of nitrogens with one attached hydrogen (secondary N) is 1. The molecule has 2 aromatic heterocycles. The molecule has 6 heteroatoms. The molecule has 2 heterocycles. The van der Waals surface area contributed by atoms with Gasteiger partial charge in [0.1, 0.15) is 22.8 Å². The highest BCUT2D eigenvalue weighted by Crippen LogP contribution is 2.26. The van der Waals surface area contributed by atoms with Gasteiger partial charge in [0.2, 0.25) is 0 Å². The molecule has 0 aliphatic carbocycles. The van der Waals surface area contributed by atoms with Crippen molar-refractivity contribution in [3.05, 3.63) is 71.5 Å². The third kappa shape index (κ3) is 3.57. The van der Waals surface area contributed by atoms with E-state index in [1.54, 1.807) is 43.6 Å². The molecule has 1 amide bonds. The number of amides is 1. The summed E-state index contributed by atoms with van der Waals surface area (Å²) in [4.78, 5) is 16.8. The van der Waals surface area contributed by atoms with E-state index in [9.17, 15) is 9.18 Å². The third-order valence-electron chi connectivity index (χ3n) is 4.03. The Bertz CT molecular complexity index is 860. The molecule has 0 unspecified atom stereocenters. The number of halogens is 1. The lowest BCUT2D eigenvalue weighted by atomic mass is 10.0. The summed E-state index contributed by atoms with van der Waals surface area (Å²) >= 11 is 0. The highest BCUT2D eigenvalue weighted by atomic mass is 19.1. The standard InChI is InChI=1S/C19H18FN3O2/c1-3-16(13-4-6-15(20)7-5-13)22-19(24)17-12(2)25-23-18(17)14-8-10-21-11-9-14/h4-11,16H,3H2,1-2H3,(H,22,24)/t16-/m1/s1. The second kappa shape index (κ2) is 7.25. The summed E-state index contributed by atoms with van der Waals surface area (Å²) in [5, 5.41) is 6.99. The van der Waals surface area contributed by atoms with Crippen LogP contribution in [0.1, 0.15) is 41.1 Å². The van der Waals surface area contributed by atoms with Crippen LogP contribution < -0.4 is 5.32 Å². The average Bonchev–Trinajstić information content (AvgIpc) is 3.03. The lowest BCUT2D eigenvalue weighted by Crippen LogP contribution is -2.28. The number of rotatable bonds is 5. The van der Waals surface area contributed by atoms with Crippen molar-refractivity contribution < 1.29 is 13.7 Å². The summed E-state index contributed by atoms with van der Waals surface area (Å²) in [5.74, 6) is -0.139. The Morgan fingerprint density at radius 2 is 1.88 bits per heavy atom. The van der Waals surface area contributed by atoms with Crippen LogP contribution in [0.2, 0.25) is 0 Å². The first-order chi connectivity index (χ1) is 12.1. The SMILES string of the molecule is CC[C@@H](NC(=O)c1c(-c2ccncc2)noc1C)c1ccc(F)cc1. The van der Waals surface area contributed by atoms with Crippen LogP contribution in [0, 0.1) is 12.7 Å². The average molecular weight is 339 g/mol. The van der Waals surface area contributed by atoms with Crippen LogP contribution >= 0.6 is 0 Å². The molecule has 5 nitrogen and oxygen atoms in total. The van der Waals surface area contributed by atoms with Crippen LogP contribution in [0.4, 0.5) is 4.39 Å². The molecule has 3 rings (SSSR count). The summed E-state index contributed by atoms with van der Waals surface area (Å²) in [6.45, 7) is 3.66. The van der Waals surface area contributed by atoms with Crippen molar-refractivity contribution in [1.82, 2.24) is 15.5 Å². The van der Waals surface area contributed by atoms with E-state index >= 15 is 0 Å². The number of carbonyl (C=O) groups excluding carboxylic acids is 1. The molecule has 0 fully saturated rings. The molecule has 0 aliphatic rings. The number of carbonyl (C=O) groups is 1. The minimum Gasteiger partial charge on any atom is -0.360 e. The predicted molar refractivity (Wildman–Crippen MR) is 91.4 cm³/mol. The third-order valence-corrected chi connectivity index (χ3v) is 4.03. The monoisotopic (exact) mass is 339 g/mol. The summed E-state index contributed by atoms with van der Waals surface area (Å²) in [6, 6.07) is 9.43. The lowest BCUT2D eigenvalue weighted by Gasteiger charge is -2.17. The topological polar surface area (TPSA) is 68.0 Å². The maximum atomic E-state index is 13.1. The van der Waals surface area contributed by atoms with E-state index < -0.39 is 0 Å². The van der Waals surface area contributed by atoms with E-state index in [2.05, 4.69) is 15.5 Å². The van der Waals surface area contributed by atoms with Gasteiger partial charge in [-0.25, -0.2) is 4.39 Å². The summed E-state index contributed by atoms with van der Waals surface area (Å²) in [6.07, 6.45) is 3.94. The Hall–Kier alpha value is -3.02.